The van der Waals surface area contributed by atoms with E-state index in [1.807, 2.05) is 6.07 Å². The Hall–Kier alpha value is -1.88. The Morgan fingerprint density at radius 2 is 2.16 bits per heavy atom. The third-order valence-electron chi connectivity index (χ3n) is 3.35. The molecule has 1 aliphatic carbocycles. The van der Waals surface area contributed by atoms with Gasteiger partial charge in [0, 0.05) is 10.6 Å². The molecule has 0 fully saturated rings. The molecular formula is C14H14N2O2S. The van der Waals surface area contributed by atoms with Gasteiger partial charge in [-0.3, -0.25) is 0 Å². The molecule has 0 bridgehead atoms. The maximum absolute atomic E-state index is 11.0. The van der Waals surface area contributed by atoms with Crippen LogP contribution in [0.3, 0.4) is 0 Å². The van der Waals surface area contributed by atoms with Gasteiger partial charge in [0.1, 0.15) is 0 Å². The summed E-state index contributed by atoms with van der Waals surface area (Å²) in [5.41, 5.74) is 3.92. The van der Waals surface area contributed by atoms with Gasteiger partial charge >= 0.3 is 5.97 Å². The minimum Gasteiger partial charge on any atom is -0.476 e. The smallest absolute Gasteiger partial charge is 0.355 e. The molecule has 2 aromatic rings. The number of fused-ring (bicyclic) bond motifs is 1. The zero-order chi connectivity index (χ0) is 13.4. The third-order valence-corrected chi connectivity index (χ3v) is 4.24. The zero-order valence-electron chi connectivity index (χ0n) is 10.6. The predicted octanol–water partition coefficient (Wildman–Crippen LogP) is 3.38. The first-order chi connectivity index (χ1) is 9.13. The number of carboxylic acid groups (broad SMARTS) is 1. The summed E-state index contributed by atoms with van der Waals surface area (Å²) in [6, 6.07) is 6.31. The highest BCUT2D eigenvalue weighted by Crippen LogP contribution is 2.29. The minimum absolute atomic E-state index is 0.133. The highest BCUT2D eigenvalue weighted by atomic mass is 32.1. The van der Waals surface area contributed by atoms with Crippen LogP contribution in [0.2, 0.25) is 0 Å². The molecule has 1 aromatic heterocycles. The molecule has 0 saturated carbocycles. The first kappa shape index (κ1) is 12.2. The second-order valence-electron chi connectivity index (χ2n) is 4.69. The molecule has 4 nitrogen and oxygen atoms in total. The SMILES string of the molecule is Cc1sc(Nc2ccc3c(c2)CCC3)nc1C(=O)O. The highest BCUT2D eigenvalue weighted by molar-refractivity contribution is 7.15. The molecule has 1 aromatic carbocycles. The monoisotopic (exact) mass is 274 g/mol. The molecule has 0 saturated heterocycles. The average molecular weight is 274 g/mol. The molecule has 1 aliphatic rings. The van der Waals surface area contributed by atoms with Gasteiger partial charge in [0.15, 0.2) is 10.8 Å². The van der Waals surface area contributed by atoms with Crippen LogP contribution >= 0.6 is 11.3 Å². The molecule has 0 unspecified atom stereocenters. The Labute approximate surface area is 115 Å². The Morgan fingerprint density at radius 3 is 2.89 bits per heavy atom. The molecule has 3 rings (SSSR count). The van der Waals surface area contributed by atoms with Crippen molar-refractivity contribution in [2.45, 2.75) is 26.2 Å². The second kappa shape index (κ2) is 4.66. The van der Waals surface area contributed by atoms with E-state index in [0.29, 0.717) is 5.13 Å². The van der Waals surface area contributed by atoms with Crippen molar-refractivity contribution >= 4 is 28.1 Å². The number of nitrogens with one attached hydrogen (secondary N) is 1. The van der Waals surface area contributed by atoms with Crippen molar-refractivity contribution in [3.8, 4) is 0 Å². The number of hydrogen-bond acceptors (Lipinski definition) is 4. The molecule has 0 atom stereocenters. The summed E-state index contributed by atoms with van der Waals surface area (Å²) in [4.78, 5) is 15.8. The number of nitrogens with zero attached hydrogens (tertiary/aromatic N) is 1. The fraction of sp³-hybridized carbons (Fsp3) is 0.286. The number of aromatic carboxylic acids is 1. The summed E-state index contributed by atoms with van der Waals surface area (Å²) in [6.07, 6.45) is 3.51. The summed E-state index contributed by atoms with van der Waals surface area (Å²) < 4.78 is 0. The van der Waals surface area contributed by atoms with Crippen LogP contribution in [0.4, 0.5) is 10.8 Å². The maximum Gasteiger partial charge on any atom is 0.355 e. The average Bonchev–Trinajstić information content (AvgIpc) is 2.95. The molecule has 0 amide bonds. The Bertz CT molecular complexity index is 649. The van der Waals surface area contributed by atoms with Crippen molar-refractivity contribution in [3.05, 3.63) is 39.9 Å². The quantitative estimate of drug-likeness (QED) is 0.900. The van der Waals surface area contributed by atoms with Crippen molar-refractivity contribution in [1.82, 2.24) is 4.98 Å². The van der Waals surface area contributed by atoms with E-state index in [-0.39, 0.29) is 5.69 Å². The molecule has 5 heteroatoms. The molecule has 0 aliphatic heterocycles. The van der Waals surface area contributed by atoms with Crippen molar-refractivity contribution in [2.75, 3.05) is 5.32 Å². The molecule has 0 spiro atoms. The second-order valence-corrected chi connectivity index (χ2v) is 5.89. The topological polar surface area (TPSA) is 62.2 Å². The molecule has 1 heterocycles. The van der Waals surface area contributed by atoms with Gasteiger partial charge in [0.25, 0.3) is 0 Å². The highest BCUT2D eigenvalue weighted by Gasteiger charge is 2.15. The van der Waals surface area contributed by atoms with Crippen LogP contribution in [-0.4, -0.2) is 16.1 Å². The molecule has 0 radical (unpaired) electrons. The van der Waals surface area contributed by atoms with E-state index in [9.17, 15) is 4.79 Å². The molecular weight excluding hydrogens is 260 g/mol. The van der Waals surface area contributed by atoms with Crippen LogP contribution in [0, 0.1) is 6.92 Å². The number of benzene rings is 1. The number of carboxylic acids is 1. The lowest BCUT2D eigenvalue weighted by Gasteiger charge is -2.05. The van der Waals surface area contributed by atoms with Gasteiger partial charge in [-0.15, -0.1) is 11.3 Å². The van der Waals surface area contributed by atoms with Gasteiger partial charge in [0.2, 0.25) is 0 Å². The number of rotatable bonds is 3. The van der Waals surface area contributed by atoms with Crippen molar-refractivity contribution in [2.24, 2.45) is 0 Å². The van der Waals surface area contributed by atoms with Gasteiger partial charge in [-0.25, -0.2) is 9.78 Å². The lowest BCUT2D eigenvalue weighted by molar-refractivity contribution is 0.0690. The summed E-state index contributed by atoms with van der Waals surface area (Å²) in [7, 11) is 0. The Kier molecular flexibility index (Phi) is 2.98. The molecule has 98 valence electrons. The van der Waals surface area contributed by atoms with E-state index in [0.717, 1.165) is 23.4 Å². The first-order valence-corrected chi connectivity index (χ1v) is 7.04. The fourth-order valence-electron chi connectivity index (χ4n) is 2.42. The van der Waals surface area contributed by atoms with Crippen LogP contribution in [0.15, 0.2) is 18.2 Å². The van der Waals surface area contributed by atoms with Crippen LogP contribution in [0.1, 0.15) is 32.9 Å². The minimum atomic E-state index is -0.976. The lowest BCUT2D eigenvalue weighted by Crippen LogP contribution is -1.99. The van der Waals surface area contributed by atoms with Crippen molar-refractivity contribution in [1.29, 1.82) is 0 Å². The predicted molar refractivity (Wildman–Crippen MR) is 75.6 cm³/mol. The largest absolute Gasteiger partial charge is 0.476 e. The fourth-order valence-corrected chi connectivity index (χ4v) is 3.25. The maximum atomic E-state index is 11.0. The number of thiazole rings is 1. The summed E-state index contributed by atoms with van der Waals surface area (Å²) in [5, 5.41) is 12.8. The van der Waals surface area contributed by atoms with Crippen LogP contribution < -0.4 is 5.32 Å². The third kappa shape index (κ3) is 2.33. The Balaban J connectivity index is 1.85. The van der Waals surface area contributed by atoms with E-state index in [2.05, 4.69) is 22.4 Å². The molecule has 19 heavy (non-hydrogen) atoms. The van der Waals surface area contributed by atoms with Gasteiger partial charge in [0.05, 0.1) is 0 Å². The lowest BCUT2D eigenvalue weighted by atomic mass is 10.1. The van der Waals surface area contributed by atoms with Crippen LogP contribution in [0.5, 0.6) is 0 Å². The Morgan fingerprint density at radius 1 is 1.37 bits per heavy atom. The summed E-state index contributed by atoms with van der Waals surface area (Å²) in [5.74, 6) is -0.976. The normalized spacial score (nSPS) is 13.3. The van der Waals surface area contributed by atoms with Gasteiger partial charge in [-0.05, 0) is 49.4 Å². The number of carbonyl (C=O) groups is 1. The standard InChI is InChI=1S/C14H14N2O2S/c1-8-12(13(17)18)16-14(19-8)15-11-6-5-9-3-2-4-10(9)7-11/h5-7H,2-4H2,1H3,(H,15,16)(H,17,18). The van der Waals surface area contributed by atoms with Crippen LogP contribution in [0.25, 0.3) is 0 Å². The van der Waals surface area contributed by atoms with E-state index in [1.165, 1.54) is 28.9 Å². The van der Waals surface area contributed by atoms with E-state index in [4.69, 9.17) is 5.11 Å². The number of aryl methyl sites for hydroxylation is 3. The number of hydrogen-bond donors (Lipinski definition) is 2. The molecule has 2 N–H and O–H groups in total. The summed E-state index contributed by atoms with van der Waals surface area (Å²) >= 11 is 1.37. The summed E-state index contributed by atoms with van der Waals surface area (Å²) in [6.45, 7) is 1.77. The van der Waals surface area contributed by atoms with Crippen LogP contribution in [-0.2, 0) is 12.8 Å². The number of aromatic nitrogens is 1. The number of anilines is 2. The van der Waals surface area contributed by atoms with Gasteiger partial charge < -0.3 is 10.4 Å². The van der Waals surface area contributed by atoms with Gasteiger partial charge in [-0.2, -0.15) is 0 Å². The van der Waals surface area contributed by atoms with Gasteiger partial charge in [-0.1, -0.05) is 6.07 Å². The van der Waals surface area contributed by atoms with Crippen molar-refractivity contribution in [3.63, 3.8) is 0 Å². The van der Waals surface area contributed by atoms with Crippen molar-refractivity contribution < 1.29 is 9.90 Å². The zero-order valence-corrected chi connectivity index (χ0v) is 11.4. The van der Waals surface area contributed by atoms with E-state index in [1.54, 1.807) is 6.92 Å². The van der Waals surface area contributed by atoms with E-state index >= 15 is 0 Å². The van der Waals surface area contributed by atoms with E-state index < -0.39 is 5.97 Å². The first-order valence-electron chi connectivity index (χ1n) is 6.23.